The van der Waals surface area contributed by atoms with E-state index in [0.717, 1.165) is 0 Å². The lowest BCUT2D eigenvalue weighted by Crippen LogP contribution is -2.09. The van der Waals surface area contributed by atoms with Gasteiger partial charge in [0.15, 0.2) is 0 Å². The van der Waals surface area contributed by atoms with Crippen LogP contribution in [-0.2, 0) is 14.3 Å². The van der Waals surface area contributed by atoms with Gasteiger partial charge in [0.05, 0.1) is 12.8 Å². The highest BCUT2D eigenvalue weighted by molar-refractivity contribution is 5.86. The summed E-state index contributed by atoms with van der Waals surface area (Å²) >= 11 is 0. The van der Waals surface area contributed by atoms with Gasteiger partial charge in [0.25, 0.3) is 0 Å². The molecule has 0 saturated heterocycles. The molecule has 0 amide bonds. The van der Waals surface area contributed by atoms with Crippen molar-refractivity contribution in [1.29, 1.82) is 0 Å². The lowest BCUT2D eigenvalue weighted by Gasteiger charge is -1.96. The van der Waals surface area contributed by atoms with Crippen molar-refractivity contribution in [2.75, 3.05) is 0 Å². The largest absolute Gasteiger partial charge is 0.393 e. The first kappa shape index (κ1) is 13.2. The van der Waals surface area contributed by atoms with Crippen molar-refractivity contribution in [3.8, 4) is 0 Å². The molecule has 0 N–H and O–H groups in total. The van der Waals surface area contributed by atoms with E-state index in [1.54, 1.807) is 0 Å². The van der Waals surface area contributed by atoms with E-state index in [2.05, 4.69) is 17.9 Å². The fourth-order valence-electron chi connectivity index (χ4n) is 0.446. The molecule has 0 heterocycles. The van der Waals surface area contributed by atoms with Crippen LogP contribution in [0.2, 0.25) is 0 Å². The van der Waals surface area contributed by atoms with Crippen LogP contribution < -0.4 is 0 Å². The molecular weight excluding hydrogens is 156 g/mol. The lowest BCUT2D eigenvalue weighted by molar-refractivity contribution is -0.158. The van der Waals surface area contributed by atoms with Crippen molar-refractivity contribution in [2.24, 2.45) is 0 Å². The Hall–Kier alpha value is -1.38. The van der Waals surface area contributed by atoms with Crippen LogP contribution in [0.5, 0.6) is 0 Å². The third-order valence-corrected chi connectivity index (χ3v) is 0.850. The summed E-state index contributed by atoms with van der Waals surface area (Å²) in [6.07, 6.45) is 2.87. The van der Waals surface area contributed by atoms with Crippen molar-refractivity contribution < 1.29 is 14.3 Å². The second-order valence-corrected chi connectivity index (χ2v) is 1.83. The predicted molar refractivity (Wildman–Crippen MR) is 47.5 cm³/mol. The van der Waals surface area contributed by atoms with Crippen LogP contribution in [-0.4, -0.2) is 11.9 Å². The van der Waals surface area contributed by atoms with Crippen molar-refractivity contribution >= 4 is 11.9 Å². The first-order valence-electron chi connectivity index (χ1n) is 3.16. The average molecular weight is 170 g/mol. The Morgan fingerprint density at radius 1 is 1.08 bits per heavy atom. The second kappa shape index (κ2) is 7.72. The van der Waals surface area contributed by atoms with E-state index in [-0.39, 0.29) is 20.3 Å². The summed E-state index contributed by atoms with van der Waals surface area (Å²) in [6, 6.07) is 0. The first-order chi connectivity index (χ1) is 5.20. The zero-order valence-corrected chi connectivity index (χ0v) is 6.21. The van der Waals surface area contributed by atoms with Gasteiger partial charge in [0.1, 0.15) is 0 Å². The van der Waals surface area contributed by atoms with Gasteiger partial charge in [0.2, 0.25) is 0 Å². The van der Waals surface area contributed by atoms with Crippen LogP contribution >= 0.6 is 0 Å². The molecule has 12 heavy (non-hydrogen) atoms. The Kier molecular flexibility index (Phi) is 8.51. The monoisotopic (exact) mass is 170 g/mol. The number of carbonyl (C=O) groups excluding carboxylic acids is 2. The smallest absolute Gasteiger partial charge is 0.317 e. The fraction of sp³-hybridized carbons (Fsp3) is 0.333. The van der Waals surface area contributed by atoms with Crippen LogP contribution in [0.4, 0.5) is 0 Å². The SMILES string of the molecule is C.C=CCC(=O)OC(=O)CC=C. The summed E-state index contributed by atoms with van der Waals surface area (Å²) in [4.78, 5) is 21.2. The van der Waals surface area contributed by atoms with Gasteiger partial charge in [-0.25, -0.2) is 0 Å². The number of esters is 2. The van der Waals surface area contributed by atoms with Gasteiger partial charge in [-0.3, -0.25) is 9.59 Å². The maximum atomic E-state index is 10.6. The van der Waals surface area contributed by atoms with Crippen molar-refractivity contribution in [2.45, 2.75) is 20.3 Å². The van der Waals surface area contributed by atoms with E-state index in [4.69, 9.17) is 0 Å². The lowest BCUT2D eigenvalue weighted by atomic mass is 10.4. The van der Waals surface area contributed by atoms with Gasteiger partial charge in [0, 0.05) is 0 Å². The molecule has 0 atom stereocenters. The standard InChI is InChI=1S/C8H10O3.CH4/c1-3-5-7(9)11-8(10)6-4-2;/h3-4H,1-2,5-6H2;1H4. The number of hydrogen-bond acceptors (Lipinski definition) is 3. The van der Waals surface area contributed by atoms with Crippen molar-refractivity contribution in [3.63, 3.8) is 0 Å². The molecule has 0 radical (unpaired) electrons. The van der Waals surface area contributed by atoms with E-state index < -0.39 is 11.9 Å². The first-order valence-corrected chi connectivity index (χ1v) is 3.16. The Balaban J connectivity index is 0. The van der Waals surface area contributed by atoms with Gasteiger partial charge < -0.3 is 4.74 Å². The van der Waals surface area contributed by atoms with Crippen molar-refractivity contribution in [1.82, 2.24) is 0 Å². The minimum Gasteiger partial charge on any atom is -0.393 e. The molecule has 0 aliphatic rings. The minimum absolute atomic E-state index is 0. The van der Waals surface area contributed by atoms with Gasteiger partial charge in [-0.1, -0.05) is 19.6 Å². The Labute approximate surface area is 72.7 Å². The molecule has 3 heteroatoms. The average Bonchev–Trinajstić information content (AvgIpc) is 1.87. The fourth-order valence-corrected chi connectivity index (χ4v) is 0.446. The number of hydrogen-bond donors (Lipinski definition) is 0. The van der Waals surface area contributed by atoms with Crippen LogP contribution in [0.3, 0.4) is 0 Å². The Morgan fingerprint density at radius 3 is 1.67 bits per heavy atom. The molecule has 3 nitrogen and oxygen atoms in total. The van der Waals surface area contributed by atoms with Crippen LogP contribution in [0.15, 0.2) is 25.3 Å². The maximum Gasteiger partial charge on any atom is 0.317 e. The summed E-state index contributed by atoms with van der Waals surface area (Å²) in [5.74, 6) is -1.15. The molecular formula is C9H14O3. The molecule has 0 rings (SSSR count). The van der Waals surface area contributed by atoms with Gasteiger partial charge in [-0.05, 0) is 0 Å². The molecule has 0 bridgehead atoms. The van der Waals surface area contributed by atoms with E-state index in [1.807, 2.05) is 0 Å². The molecule has 68 valence electrons. The molecule has 0 aromatic carbocycles. The number of ether oxygens (including phenoxy) is 1. The summed E-state index contributed by atoms with van der Waals surface area (Å²) in [5.41, 5.74) is 0. The maximum absolute atomic E-state index is 10.6. The molecule has 0 aliphatic carbocycles. The molecule has 0 aromatic rings. The van der Waals surface area contributed by atoms with Gasteiger partial charge in [-0.15, -0.1) is 13.2 Å². The molecule has 0 aromatic heterocycles. The number of rotatable bonds is 4. The molecule has 0 aliphatic heterocycles. The summed E-state index contributed by atoms with van der Waals surface area (Å²) in [7, 11) is 0. The van der Waals surface area contributed by atoms with Crippen LogP contribution in [0.1, 0.15) is 20.3 Å². The highest BCUT2D eigenvalue weighted by Crippen LogP contribution is 1.91. The minimum atomic E-state index is -0.577. The molecule has 0 spiro atoms. The van der Waals surface area contributed by atoms with E-state index in [9.17, 15) is 9.59 Å². The zero-order chi connectivity index (χ0) is 8.69. The highest BCUT2D eigenvalue weighted by atomic mass is 16.6. The quantitative estimate of drug-likeness (QED) is 0.367. The van der Waals surface area contributed by atoms with E-state index in [1.165, 1.54) is 12.2 Å². The van der Waals surface area contributed by atoms with Crippen LogP contribution in [0, 0.1) is 0 Å². The summed E-state index contributed by atoms with van der Waals surface area (Å²) in [6.45, 7) is 6.64. The molecule has 0 saturated carbocycles. The predicted octanol–water partition coefficient (Wildman–Crippen LogP) is 1.84. The normalized spacial score (nSPS) is 7.67. The van der Waals surface area contributed by atoms with Gasteiger partial charge >= 0.3 is 11.9 Å². The molecule has 0 unspecified atom stereocenters. The number of carbonyl (C=O) groups is 2. The third kappa shape index (κ3) is 6.74. The Bertz CT molecular complexity index is 162. The van der Waals surface area contributed by atoms with Gasteiger partial charge in [-0.2, -0.15) is 0 Å². The Morgan fingerprint density at radius 2 is 1.42 bits per heavy atom. The third-order valence-electron chi connectivity index (χ3n) is 0.850. The summed E-state index contributed by atoms with van der Waals surface area (Å²) < 4.78 is 4.31. The zero-order valence-electron chi connectivity index (χ0n) is 6.21. The second-order valence-electron chi connectivity index (χ2n) is 1.83. The van der Waals surface area contributed by atoms with Crippen LogP contribution in [0.25, 0.3) is 0 Å². The van der Waals surface area contributed by atoms with Crippen molar-refractivity contribution in [3.05, 3.63) is 25.3 Å². The topological polar surface area (TPSA) is 43.4 Å². The highest BCUT2D eigenvalue weighted by Gasteiger charge is 2.05. The summed E-state index contributed by atoms with van der Waals surface area (Å²) in [5, 5.41) is 0. The van der Waals surface area contributed by atoms with E-state index in [0.29, 0.717) is 0 Å². The van der Waals surface area contributed by atoms with E-state index >= 15 is 0 Å². The molecule has 0 fully saturated rings.